The van der Waals surface area contributed by atoms with E-state index in [1.54, 1.807) is 7.11 Å². The summed E-state index contributed by atoms with van der Waals surface area (Å²) >= 11 is 0. The number of benzene rings is 2. The molecule has 1 saturated heterocycles. The summed E-state index contributed by atoms with van der Waals surface area (Å²) in [5, 5.41) is 10.7. The number of nitrogens with zero attached hydrogens (tertiary/aromatic N) is 1. The number of hydrogen-bond donors (Lipinski definition) is 1. The number of aliphatic hydroxyl groups excluding tert-OH is 1. The number of hydrogen-bond acceptors (Lipinski definition) is 4. The highest BCUT2D eigenvalue weighted by molar-refractivity contribution is 5.97. The van der Waals surface area contributed by atoms with Crippen molar-refractivity contribution >= 4 is 11.0 Å². The molecule has 1 aliphatic heterocycles. The first kappa shape index (κ1) is 17.1. The SMILES string of the molecule is COc1cc2c(-c3ccccc3)c(C)oc2cc1CN1CCC[C@H]1CO. The molecule has 1 fully saturated rings. The van der Waals surface area contributed by atoms with Crippen LogP contribution in [0.15, 0.2) is 46.9 Å². The van der Waals surface area contributed by atoms with Crippen molar-refractivity contribution in [2.75, 3.05) is 20.3 Å². The minimum atomic E-state index is 0.211. The third kappa shape index (κ3) is 3.00. The molecule has 4 nitrogen and oxygen atoms in total. The Morgan fingerprint density at radius 2 is 2.04 bits per heavy atom. The van der Waals surface area contributed by atoms with Gasteiger partial charge in [0, 0.05) is 29.1 Å². The predicted molar refractivity (Wildman–Crippen MR) is 103 cm³/mol. The van der Waals surface area contributed by atoms with Crippen LogP contribution in [0.2, 0.25) is 0 Å². The molecule has 1 atom stereocenters. The number of fused-ring (bicyclic) bond motifs is 1. The highest BCUT2D eigenvalue weighted by Crippen LogP contribution is 2.38. The Balaban J connectivity index is 1.77. The first-order valence-corrected chi connectivity index (χ1v) is 9.21. The summed E-state index contributed by atoms with van der Waals surface area (Å²) in [6.07, 6.45) is 2.19. The molecule has 3 aromatic rings. The Labute approximate surface area is 154 Å². The van der Waals surface area contributed by atoms with Crippen molar-refractivity contribution in [2.45, 2.75) is 32.4 Å². The second kappa shape index (κ2) is 7.14. The van der Waals surface area contributed by atoms with Crippen LogP contribution in [-0.2, 0) is 6.54 Å². The Morgan fingerprint density at radius 1 is 1.23 bits per heavy atom. The number of aliphatic hydroxyl groups is 1. The monoisotopic (exact) mass is 351 g/mol. The lowest BCUT2D eigenvalue weighted by atomic mass is 10.0. The third-order valence-electron chi connectivity index (χ3n) is 5.41. The van der Waals surface area contributed by atoms with Gasteiger partial charge in [0.25, 0.3) is 0 Å². The van der Waals surface area contributed by atoms with Crippen LogP contribution in [0, 0.1) is 6.92 Å². The topological polar surface area (TPSA) is 45.8 Å². The Morgan fingerprint density at radius 3 is 2.77 bits per heavy atom. The van der Waals surface area contributed by atoms with E-state index in [-0.39, 0.29) is 12.6 Å². The predicted octanol–water partition coefficient (Wildman–Crippen LogP) is 4.37. The van der Waals surface area contributed by atoms with Gasteiger partial charge in [0.05, 0.1) is 13.7 Å². The van der Waals surface area contributed by atoms with E-state index in [1.807, 2.05) is 25.1 Å². The maximum Gasteiger partial charge on any atom is 0.135 e. The lowest BCUT2D eigenvalue weighted by Crippen LogP contribution is -2.31. The molecule has 0 aliphatic carbocycles. The van der Waals surface area contributed by atoms with Gasteiger partial charge in [-0.1, -0.05) is 30.3 Å². The molecule has 4 rings (SSSR count). The van der Waals surface area contributed by atoms with Gasteiger partial charge < -0.3 is 14.3 Å². The molecule has 0 saturated carbocycles. The zero-order chi connectivity index (χ0) is 18.1. The summed E-state index contributed by atoms with van der Waals surface area (Å²) in [6, 6.07) is 14.8. The van der Waals surface area contributed by atoms with E-state index in [1.165, 1.54) is 0 Å². The summed E-state index contributed by atoms with van der Waals surface area (Å²) < 4.78 is 11.8. The van der Waals surface area contributed by atoms with Crippen molar-refractivity contribution < 1.29 is 14.3 Å². The Kier molecular flexibility index (Phi) is 4.70. The average molecular weight is 351 g/mol. The van der Waals surface area contributed by atoms with Crippen LogP contribution < -0.4 is 4.74 Å². The van der Waals surface area contributed by atoms with Crippen molar-refractivity contribution in [3.63, 3.8) is 0 Å². The lowest BCUT2D eigenvalue weighted by Gasteiger charge is -2.23. The van der Waals surface area contributed by atoms with E-state index in [0.29, 0.717) is 0 Å². The Bertz CT molecular complexity index is 901. The lowest BCUT2D eigenvalue weighted by molar-refractivity contribution is 0.152. The number of likely N-dealkylation sites (tertiary alicyclic amines) is 1. The summed E-state index contributed by atoms with van der Waals surface area (Å²) in [4.78, 5) is 2.33. The van der Waals surface area contributed by atoms with Crippen LogP contribution in [0.25, 0.3) is 22.1 Å². The molecule has 0 unspecified atom stereocenters. The molecule has 26 heavy (non-hydrogen) atoms. The zero-order valence-corrected chi connectivity index (χ0v) is 15.4. The summed E-state index contributed by atoms with van der Waals surface area (Å²) in [5.74, 6) is 1.79. The third-order valence-corrected chi connectivity index (χ3v) is 5.41. The molecule has 1 N–H and O–H groups in total. The Hall–Kier alpha value is -2.30. The summed E-state index contributed by atoms with van der Waals surface area (Å²) in [5.41, 5.74) is 4.27. The van der Waals surface area contributed by atoms with Crippen molar-refractivity contribution in [2.24, 2.45) is 0 Å². The molecule has 0 radical (unpaired) electrons. The molecule has 0 spiro atoms. The minimum absolute atomic E-state index is 0.211. The van der Waals surface area contributed by atoms with Crippen LogP contribution in [0.4, 0.5) is 0 Å². The van der Waals surface area contributed by atoms with Crippen molar-refractivity contribution in [1.82, 2.24) is 4.90 Å². The van der Waals surface area contributed by atoms with Gasteiger partial charge >= 0.3 is 0 Å². The molecule has 2 heterocycles. The molecule has 136 valence electrons. The van der Waals surface area contributed by atoms with E-state index < -0.39 is 0 Å². The van der Waals surface area contributed by atoms with Crippen molar-refractivity contribution in [3.05, 3.63) is 53.8 Å². The van der Waals surface area contributed by atoms with Gasteiger partial charge in [-0.2, -0.15) is 0 Å². The van der Waals surface area contributed by atoms with Crippen LogP contribution in [0.3, 0.4) is 0 Å². The van der Waals surface area contributed by atoms with Gasteiger partial charge in [0.1, 0.15) is 17.1 Å². The van der Waals surface area contributed by atoms with E-state index in [4.69, 9.17) is 9.15 Å². The number of aryl methyl sites for hydroxylation is 1. The maximum absolute atomic E-state index is 9.59. The van der Waals surface area contributed by atoms with E-state index in [0.717, 1.165) is 65.1 Å². The van der Waals surface area contributed by atoms with E-state index >= 15 is 0 Å². The van der Waals surface area contributed by atoms with E-state index in [2.05, 4.69) is 29.2 Å². The average Bonchev–Trinajstić information content (AvgIpc) is 3.24. The second-order valence-electron chi connectivity index (χ2n) is 7.01. The maximum atomic E-state index is 9.59. The molecule has 0 bridgehead atoms. The second-order valence-corrected chi connectivity index (χ2v) is 7.01. The number of methoxy groups -OCH3 is 1. The van der Waals surface area contributed by atoms with E-state index in [9.17, 15) is 5.11 Å². The first-order valence-electron chi connectivity index (χ1n) is 9.21. The summed E-state index contributed by atoms with van der Waals surface area (Å²) in [7, 11) is 1.72. The summed E-state index contributed by atoms with van der Waals surface area (Å²) in [6.45, 7) is 4.00. The van der Waals surface area contributed by atoms with Crippen molar-refractivity contribution in [3.8, 4) is 16.9 Å². The molecule has 2 aromatic carbocycles. The van der Waals surface area contributed by atoms with Crippen LogP contribution in [0.5, 0.6) is 5.75 Å². The molecule has 1 aromatic heterocycles. The normalized spacial score (nSPS) is 17.9. The quantitative estimate of drug-likeness (QED) is 0.741. The molecule has 0 amide bonds. The van der Waals surface area contributed by atoms with Crippen LogP contribution in [-0.4, -0.2) is 36.3 Å². The molecule has 4 heteroatoms. The van der Waals surface area contributed by atoms with Crippen molar-refractivity contribution in [1.29, 1.82) is 0 Å². The first-order chi connectivity index (χ1) is 12.7. The standard InChI is InChI=1S/C22H25NO3/c1-15-22(16-7-4-3-5-8-16)19-12-20(25-2)17(11-21(19)26-15)13-23-10-6-9-18(23)14-24/h3-5,7-8,11-12,18,24H,6,9-10,13-14H2,1-2H3/t18-/m0/s1. The highest BCUT2D eigenvalue weighted by atomic mass is 16.5. The molecule has 1 aliphatic rings. The number of furan rings is 1. The molecular formula is C22H25NO3. The van der Waals surface area contributed by atoms with Gasteiger partial charge in [-0.3, -0.25) is 4.90 Å². The largest absolute Gasteiger partial charge is 0.496 e. The van der Waals surface area contributed by atoms with Gasteiger partial charge in [-0.05, 0) is 44.0 Å². The fourth-order valence-electron chi connectivity index (χ4n) is 4.09. The van der Waals surface area contributed by atoms with Gasteiger partial charge in [-0.15, -0.1) is 0 Å². The minimum Gasteiger partial charge on any atom is -0.496 e. The number of ether oxygens (including phenoxy) is 1. The van der Waals surface area contributed by atoms with Crippen LogP contribution in [0.1, 0.15) is 24.2 Å². The van der Waals surface area contributed by atoms with Gasteiger partial charge in [0.2, 0.25) is 0 Å². The van der Waals surface area contributed by atoms with Gasteiger partial charge in [0.15, 0.2) is 0 Å². The van der Waals surface area contributed by atoms with Gasteiger partial charge in [-0.25, -0.2) is 0 Å². The number of rotatable bonds is 5. The highest BCUT2D eigenvalue weighted by Gasteiger charge is 2.25. The fourth-order valence-corrected chi connectivity index (χ4v) is 4.09. The zero-order valence-electron chi connectivity index (χ0n) is 15.4. The fraction of sp³-hybridized carbons (Fsp3) is 0.364. The van der Waals surface area contributed by atoms with Crippen LogP contribution >= 0.6 is 0 Å². The molecular weight excluding hydrogens is 326 g/mol. The smallest absolute Gasteiger partial charge is 0.135 e.